The summed E-state index contributed by atoms with van der Waals surface area (Å²) < 4.78 is 4.59. The zero-order valence-corrected chi connectivity index (χ0v) is 6.82. The first kappa shape index (κ1) is 9.28. The predicted octanol–water partition coefficient (Wildman–Crippen LogP) is -0.948. The molecule has 1 heterocycles. The molecule has 1 amide bonds. The molecule has 1 rings (SSSR count). The van der Waals surface area contributed by atoms with Crippen LogP contribution in [-0.2, 0) is 4.74 Å². The van der Waals surface area contributed by atoms with Crippen molar-refractivity contribution < 1.29 is 14.6 Å². The van der Waals surface area contributed by atoms with Gasteiger partial charge in [-0.2, -0.15) is 0 Å². The topological polar surface area (TPSA) is 84.6 Å². The molecule has 0 aromatic rings. The van der Waals surface area contributed by atoms with E-state index in [4.69, 9.17) is 5.73 Å². The van der Waals surface area contributed by atoms with Gasteiger partial charge in [0.1, 0.15) is 0 Å². The zero-order chi connectivity index (χ0) is 8.97. The number of carbonyl (C=O) groups excluding carboxylic acids is 1. The predicted molar refractivity (Wildman–Crippen MR) is 42.5 cm³/mol. The van der Waals surface area contributed by atoms with Gasteiger partial charge in [-0.3, -0.25) is 0 Å². The normalized spacial score (nSPS) is 29.8. The molecule has 0 unspecified atom stereocenters. The van der Waals surface area contributed by atoms with Gasteiger partial charge in [0, 0.05) is 12.5 Å². The molecule has 5 nitrogen and oxygen atoms in total. The van der Waals surface area contributed by atoms with Crippen molar-refractivity contribution in [3.8, 4) is 0 Å². The maximum atomic E-state index is 10.2. The highest BCUT2D eigenvalue weighted by molar-refractivity contribution is 5.64. The molecule has 0 saturated carbocycles. The number of aliphatic hydroxyl groups is 1. The molecule has 0 aromatic carbocycles. The number of carbonyl (C=O) groups is 1. The number of ether oxygens (including phenoxy) is 1. The van der Waals surface area contributed by atoms with Crippen molar-refractivity contribution >= 4 is 6.09 Å². The number of nitrogens with two attached hydrogens (primary N) is 1. The van der Waals surface area contributed by atoms with Crippen LogP contribution in [-0.4, -0.2) is 37.0 Å². The van der Waals surface area contributed by atoms with Crippen LogP contribution in [0.4, 0.5) is 4.79 Å². The Hall–Kier alpha value is -0.810. The van der Waals surface area contributed by atoms with E-state index in [2.05, 4.69) is 10.1 Å². The Morgan fingerprint density at radius 1 is 1.75 bits per heavy atom. The summed E-state index contributed by atoms with van der Waals surface area (Å²) in [5.41, 5.74) is 4.79. The van der Waals surface area contributed by atoms with E-state index < -0.39 is 6.09 Å². The number of amides is 1. The highest BCUT2D eigenvalue weighted by Crippen LogP contribution is 2.10. The van der Waals surface area contributed by atoms with Gasteiger partial charge in [-0.05, 0) is 13.0 Å². The van der Waals surface area contributed by atoms with E-state index in [1.165, 1.54) is 0 Å². The average Bonchev–Trinajstić information content (AvgIpc) is 2.03. The number of hydrogen-bond acceptors (Lipinski definition) is 4. The maximum Gasteiger partial charge on any atom is 0.404 e. The minimum Gasteiger partial charge on any atom is -0.449 e. The Balaban J connectivity index is 2.24. The van der Waals surface area contributed by atoms with Crippen molar-refractivity contribution in [2.24, 2.45) is 11.7 Å². The van der Waals surface area contributed by atoms with Gasteiger partial charge in [-0.15, -0.1) is 0 Å². The van der Waals surface area contributed by atoms with Crippen molar-refractivity contribution in [1.29, 1.82) is 0 Å². The Morgan fingerprint density at radius 3 is 3.08 bits per heavy atom. The number of hydrogen-bond donors (Lipinski definition) is 3. The Kier molecular flexibility index (Phi) is 3.31. The van der Waals surface area contributed by atoms with Gasteiger partial charge in [-0.25, -0.2) is 4.79 Å². The summed E-state index contributed by atoms with van der Waals surface area (Å²) in [6.07, 6.45) is -0.467. The first-order valence-corrected chi connectivity index (χ1v) is 4.01. The van der Waals surface area contributed by atoms with Crippen molar-refractivity contribution in [2.75, 3.05) is 19.7 Å². The van der Waals surface area contributed by atoms with Crippen LogP contribution in [0.15, 0.2) is 0 Å². The SMILES string of the molecule is NC(=O)OC[C@@H]1CNCC[C@@H]1O. The second kappa shape index (κ2) is 4.27. The molecule has 5 heteroatoms. The van der Waals surface area contributed by atoms with Crippen LogP contribution in [0.25, 0.3) is 0 Å². The molecular weight excluding hydrogens is 160 g/mol. The van der Waals surface area contributed by atoms with E-state index in [9.17, 15) is 9.90 Å². The summed E-state index contributed by atoms with van der Waals surface area (Å²) in [6, 6.07) is 0. The third-order valence-electron chi connectivity index (χ3n) is 2.01. The summed E-state index contributed by atoms with van der Waals surface area (Å²) in [4.78, 5) is 10.2. The van der Waals surface area contributed by atoms with Crippen molar-refractivity contribution in [2.45, 2.75) is 12.5 Å². The van der Waals surface area contributed by atoms with Crippen LogP contribution < -0.4 is 11.1 Å². The molecule has 1 fully saturated rings. The van der Waals surface area contributed by atoms with Gasteiger partial charge >= 0.3 is 6.09 Å². The third kappa shape index (κ3) is 2.67. The average molecular weight is 174 g/mol. The largest absolute Gasteiger partial charge is 0.449 e. The molecule has 0 spiro atoms. The Labute approximate surface area is 70.9 Å². The van der Waals surface area contributed by atoms with Crippen LogP contribution >= 0.6 is 0 Å². The monoisotopic (exact) mass is 174 g/mol. The van der Waals surface area contributed by atoms with E-state index in [-0.39, 0.29) is 18.6 Å². The van der Waals surface area contributed by atoms with Gasteiger partial charge < -0.3 is 20.9 Å². The summed E-state index contributed by atoms with van der Waals surface area (Å²) in [6.45, 7) is 1.69. The van der Waals surface area contributed by atoms with Gasteiger partial charge in [0.15, 0.2) is 0 Å². The van der Waals surface area contributed by atoms with E-state index in [1.54, 1.807) is 0 Å². The lowest BCUT2D eigenvalue weighted by atomic mass is 9.97. The Morgan fingerprint density at radius 2 is 2.50 bits per heavy atom. The zero-order valence-electron chi connectivity index (χ0n) is 6.82. The number of primary amides is 1. The van der Waals surface area contributed by atoms with E-state index in [0.717, 1.165) is 6.54 Å². The lowest BCUT2D eigenvalue weighted by Gasteiger charge is -2.27. The van der Waals surface area contributed by atoms with Gasteiger partial charge in [0.05, 0.1) is 12.7 Å². The lowest BCUT2D eigenvalue weighted by Crippen LogP contribution is -2.42. The second-order valence-electron chi connectivity index (χ2n) is 2.95. The molecule has 1 aliphatic rings. The minimum absolute atomic E-state index is 0.0220. The molecule has 0 aromatic heterocycles. The molecule has 70 valence electrons. The van der Waals surface area contributed by atoms with Gasteiger partial charge in [-0.1, -0.05) is 0 Å². The highest BCUT2D eigenvalue weighted by atomic mass is 16.5. The molecule has 1 aliphatic heterocycles. The van der Waals surface area contributed by atoms with Crippen molar-refractivity contribution in [1.82, 2.24) is 5.32 Å². The fourth-order valence-electron chi connectivity index (χ4n) is 1.27. The molecule has 12 heavy (non-hydrogen) atoms. The van der Waals surface area contributed by atoms with Crippen molar-refractivity contribution in [3.63, 3.8) is 0 Å². The second-order valence-corrected chi connectivity index (χ2v) is 2.95. The molecule has 2 atom stereocenters. The third-order valence-corrected chi connectivity index (χ3v) is 2.01. The summed E-state index contributed by atoms with van der Waals surface area (Å²) in [5, 5.41) is 12.5. The van der Waals surface area contributed by atoms with E-state index in [0.29, 0.717) is 13.0 Å². The Bertz CT molecular complexity index is 163. The van der Waals surface area contributed by atoms with Crippen LogP contribution in [0.1, 0.15) is 6.42 Å². The first-order valence-electron chi connectivity index (χ1n) is 4.01. The molecule has 0 bridgehead atoms. The number of aliphatic hydroxyl groups excluding tert-OH is 1. The summed E-state index contributed by atoms with van der Waals surface area (Å²) in [7, 11) is 0. The fraction of sp³-hybridized carbons (Fsp3) is 0.857. The highest BCUT2D eigenvalue weighted by Gasteiger charge is 2.23. The van der Waals surface area contributed by atoms with E-state index in [1.807, 2.05) is 0 Å². The minimum atomic E-state index is -0.784. The van der Waals surface area contributed by atoms with Crippen LogP contribution in [0.5, 0.6) is 0 Å². The molecule has 4 N–H and O–H groups in total. The first-order chi connectivity index (χ1) is 5.70. The van der Waals surface area contributed by atoms with Crippen LogP contribution in [0.3, 0.4) is 0 Å². The maximum absolute atomic E-state index is 10.2. The summed E-state index contributed by atoms with van der Waals surface area (Å²) in [5.74, 6) is -0.0220. The van der Waals surface area contributed by atoms with Gasteiger partial charge in [0.2, 0.25) is 0 Å². The quantitative estimate of drug-likeness (QED) is 0.504. The smallest absolute Gasteiger partial charge is 0.404 e. The molecular formula is C7H14N2O3. The molecule has 0 aliphatic carbocycles. The fourth-order valence-corrected chi connectivity index (χ4v) is 1.27. The van der Waals surface area contributed by atoms with Crippen molar-refractivity contribution in [3.05, 3.63) is 0 Å². The molecule has 0 radical (unpaired) electrons. The lowest BCUT2D eigenvalue weighted by molar-refractivity contribution is 0.0368. The van der Waals surface area contributed by atoms with Crippen LogP contribution in [0.2, 0.25) is 0 Å². The number of piperidine rings is 1. The summed E-state index contributed by atoms with van der Waals surface area (Å²) >= 11 is 0. The number of nitrogens with one attached hydrogen (secondary N) is 1. The van der Waals surface area contributed by atoms with Gasteiger partial charge in [0.25, 0.3) is 0 Å². The molecule has 1 saturated heterocycles. The van der Waals surface area contributed by atoms with E-state index >= 15 is 0 Å². The standard InChI is InChI=1S/C7H14N2O3/c8-7(11)12-4-5-3-9-2-1-6(5)10/h5-6,9-10H,1-4H2,(H2,8,11)/t5-,6-/m0/s1. The van der Waals surface area contributed by atoms with Crippen LogP contribution in [0, 0.1) is 5.92 Å². The number of rotatable bonds is 2.